The highest BCUT2D eigenvalue weighted by Crippen LogP contribution is 2.29. The van der Waals surface area contributed by atoms with E-state index in [-0.39, 0.29) is 17.6 Å². The lowest BCUT2D eigenvalue weighted by molar-refractivity contribution is -0.139. The lowest BCUT2D eigenvalue weighted by atomic mass is 9.84. The molecule has 0 atom stereocenters. The van der Waals surface area contributed by atoms with Crippen LogP contribution in [0.15, 0.2) is 0 Å². The lowest BCUT2D eigenvalue weighted by Gasteiger charge is -2.37. The summed E-state index contributed by atoms with van der Waals surface area (Å²) in [5.41, 5.74) is 0. The zero-order valence-corrected chi connectivity index (χ0v) is 13.1. The van der Waals surface area contributed by atoms with Crippen LogP contribution in [-0.4, -0.2) is 54.7 Å². The highest BCUT2D eigenvalue weighted by atomic mass is 16.2. The lowest BCUT2D eigenvalue weighted by Crippen LogP contribution is -2.44. The maximum absolute atomic E-state index is 12.5. The van der Waals surface area contributed by atoms with Crippen LogP contribution in [0.5, 0.6) is 0 Å². The van der Waals surface area contributed by atoms with Crippen molar-refractivity contribution in [1.82, 2.24) is 9.80 Å². The number of carbonyl (C=O) groups is 2. The van der Waals surface area contributed by atoms with E-state index in [0.29, 0.717) is 11.9 Å². The summed E-state index contributed by atoms with van der Waals surface area (Å²) in [6.07, 6.45) is 6.02. The van der Waals surface area contributed by atoms with Crippen molar-refractivity contribution in [3.63, 3.8) is 0 Å². The van der Waals surface area contributed by atoms with Crippen LogP contribution in [-0.2, 0) is 9.59 Å². The number of hydrogen-bond acceptors (Lipinski definition) is 3. The van der Waals surface area contributed by atoms with E-state index < -0.39 is 0 Å². The van der Waals surface area contributed by atoms with Gasteiger partial charge >= 0.3 is 0 Å². The molecule has 0 aromatic heterocycles. The highest BCUT2D eigenvalue weighted by molar-refractivity contribution is 5.81. The van der Waals surface area contributed by atoms with E-state index in [0.717, 1.165) is 51.6 Å². The van der Waals surface area contributed by atoms with Crippen LogP contribution < -0.4 is 0 Å². The van der Waals surface area contributed by atoms with Gasteiger partial charge in [-0.25, -0.2) is 0 Å². The number of ketones is 1. The minimum atomic E-state index is 0.184. The molecule has 20 heavy (non-hydrogen) atoms. The van der Waals surface area contributed by atoms with Gasteiger partial charge in [-0.2, -0.15) is 0 Å². The van der Waals surface area contributed by atoms with E-state index in [4.69, 9.17) is 0 Å². The fourth-order valence-corrected chi connectivity index (χ4v) is 3.60. The van der Waals surface area contributed by atoms with Gasteiger partial charge in [0.05, 0.1) is 0 Å². The molecule has 0 bridgehead atoms. The molecule has 0 spiro atoms. The average Bonchev–Trinajstić information content (AvgIpc) is 2.46. The molecule has 0 aromatic rings. The van der Waals surface area contributed by atoms with Gasteiger partial charge in [0.1, 0.15) is 5.78 Å². The summed E-state index contributed by atoms with van der Waals surface area (Å²) in [5.74, 6) is 1.02. The van der Waals surface area contributed by atoms with Gasteiger partial charge in [-0.1, -0.05) is 0 Å². The molecule has 0 radical (unpaired) electrons. The minimum absolute atomic E-state index is 0.184. The molecule has 114 valence electrons. The van der Waals surface area contributed by atoms with E-state index in [9.17, 15) is 9.59 Å². The maximum atomic E-state index is 12.5. The van der Waals surface area contributed by atoms with E-state index >= 15 is 0 Å². The molecule has 2 rings (SSSR count). The van der Waals surface area contributed by atoms with Crippen molar-refractivity contribution in [2.24, 2.45) is 11.8 Å². The number of hydrogen-bond donors (Lipinski definition) is 0. The number of amides is 1. The number of Topliss-reactive ketones (excluding diaryl/α,β-unsaturated/α-hetero) is 1. The second-order valence-electron chi connectivity index (χ2n) is 6.68. The largest absolute Gasteiger partial charge is 0.342 e. The Morgan fingerprint density at radius 1 is 0.900 bits per heavy atom. The molecule has 4 nitrogen and oxygen atoms in total. The van der Waals surface area contributed by atoms with Crippen LogP contribution in [0.25, 0.3) is 0 Å². The quantitative estimate of drug-likeness (QED) is 0.793. The van der Waals surface area contributed by atoms with Gasteiger partial charge in [0.2, 0.25) is 5.91 Å². The number of rotatable bonds is 3. The zero-order chi connectivity index (χ0) is 14.7. The Hall–Kier alpha value is -0.900. The van der Waals surface area contributed by atoms with Crippen molar-refractivity contribution in [3.8, 4) is 0 Å². The van der Waals surface area contributed by atoms with Crippen molar-refractivity contribution in [2.45, 2.75) is 51.5 Å². The van der Waals surface area contributed by atoms with Crippen molar-refractivity contribution < 1.29 is 9.59 Å². The second-order valence-corrected chi connectivity index (χ2v) is 6.68. The van der Waals surface area contributed by atoms with E-state index in [1.165, 1.54) is 0 Å². The number of likely N-dealkylation sites (tertiary alicyclic amines) is 1. The third kappa shape index (κ3) is 3.60. The van der Waals surface area contributed by atoms with Crippen LogP contribution in [0.4, 0.5) is 0 Å². The summed E-state index contributed by atoms with van der Waals surface area (Å²) in [7, 11) is 4.25. The molecule has 4 heteroatoms. The summed E-state index contributed by atoms with van der Waals surface area (Å²) in [4.78, 5) is 28.2. The second kappa shape index (κ2) is 6.70. The first kappa shape index (κ1) is 15.5. The van der Waals surface area contributed by atoms with Gasteiger partial charge in [0.15, 0.2) is 0 Å². The Balaban J connectivity index is 1.80. The van der Waals surface area contributed by atoms with Crippen LogP contribution >= 0.6 is 0 Å². The Morgan fingerprint density at radius 2 is 1.45 bits per heavy atom. The van der Waals surface area contributed by atoms with Crippen molar-refractivity contribution >= 4 is 11.7 Å². The first-order valence-corrected chi connectivity index (χ1v) is 7.94. The van der Waals surface area contributed by atoms with Gasteiger partial charge in [-0.3, -0.25) is 9.59 Å². The summed E-state index contributed by atoms with van der Waals surface area (Å²) < 4.78 is 0. The molecule has 1 saturated carbocycles. The Kier molecular flexibility index (Phi) is 5.19. The molecule has 2 aliphatic rings. The number of nitrogens with zero attached hydrogens (tertiary/aromatic N) is 2. The smallest absolute Gasteiger partial charge is 0.225 e. The van der Waals surface area contributed by atoms with Crippen LogP contribution in [0.3, 0.4) is 0 Å². The van der Waals surface area contributed by atoms with Gasteiger partial charge in [-0.05, 0) is 59.5 Å². The predicted molar refractivity (Wildman–Crippen MR) is 79.4 cm³/mol. The van der Waals surface area contributed by atoms with E-state index in [1.807, 2.05) is 4.90 Å². The molecular weight excluding hydrogens is 252 g/mol. The van der Waals surface area contributed by atoms with Crippen molar-refractivity contribution in [3.05, 3.63) is 0 Å². The fraction of sp³-hybridized carbons (Fsp3) is 0.875. The zero-order valence-electron chi connectivity index (χ0n) is 13.1. The summed E-state index contributed by atoms with van der Waals surface area (Å²) in [6, 6.07) is 0.641. The van der Waals surface area contributed by atoms with E-state index in [2.05, 4.69) is 19.0 Å². The van der Waals surface area contributed by atoms with Gasteiger partial charge in [0, 0.05) is 31.0 Å². The monoisotopic (exact) mass is 280 g/mol. The molecule has 0 N–H and O–H groups in total. The fourth-order valence-electron chi connectivity index (χ4n) is 3.60. The first-order valence-electron chi connectivity index (χ1n) is 7.94. The van der Waals surface area contributed by atoms with Crippen LogP contribution in [0.1, 0.15) is 45.4 Å². The SMILES string of the molecule is CC(=O)C1CCN(C(=O)[C@H]2CC[C@H](N(C)C)CC2)CC1. The molecule has 1 aliphatic carbocycles. The van der Waals surface area contributed by atoms with Crippen molar-refractivity contribution in [1.29, 1.82) is 0 Å². The standard InChI is InChI=1S/C16H28N2O2/c1-12(19)13-8-10-18(11-9-13)16(20)14-4-6-15(7-5-14)17(2)3/h13-15H,4-11H2,1-3H3/t14-,15-. The third-order valence-electron chi connectivity index (χ3n) is 5.16. The number of carbonyl (C=O) groups excluding carboxylic acids is 2. The first-order chi connectivity index (χ1) is 9.49. The third-order valence-corrected chi connectivity index (χ3v) is 5.16. The molecule has 0 unspecified atom stereocenters. The van der Waals surface area contributed by atoms with Gasteiger partial charge in [0.25, 0.3) is 0 Å². The molecular formula is C16H28N2O2. The topological polar surface area (TPSA) is 40.6 Å². The van der Waals surface area contributed by atoms with Crippen molar-refractivity contribution in [2.75, 3.05) is 27.2 Å². The van der Waals surface area contributed by atoms with Crippen LogP contribution in [0.2, 0.25) is 0 Å². The summed E-state index contributed by atoms with van der Waals surface area (Å²) >= 11 is 0. The highest BCUT2D eigenvalue weighted by Gasteiger charge is 2.32. The summed E-state index contributed by atoms with van der Waals surface area (Å²) in [5, 5.41) is 0. The van der Waals surface area contributed by atoms with Gasteiger partial charge < -0.3 is 9.80 Å². The molecule has 1 heterocycles. The Morgan fingerprint density at radius 3 is 1.90 bits per heavy atom. The van der Waals surface area contributed by atoms with E-state index in [1.54, 1.807) is 6.92 Å². The minimum Gasteiger partial charge on any atom is -0.342 e. The molecule has 1 amide bonds. The summed E-state index contributed by atoms with van der Waals surface area (Å²) in [6.45, 7) is 3.22. The van der Waals surface area contributed by atoms with Crippen LogP contribution in [0, 0.1) is 11.8 Å². The molecule has 1 aliphatic heterocycles. The molecule has 1 saturated heterocycles. The maximum Gasteiger partial charge on any atom is 0.225 e. The van der Waals surface area contributed by atoms with Gasteiger partial charge in [-0.15, -0.1) is 0 Å². The normalized spacial score (nSPS) is 28.7. The molecule has 0 aromatic carbocycles. The number of piperidine rings is 1. The Labute approximate surface area is 122 Å². The average molecular weight is 280 g/mol. The molecule has 2 fully saturated rings. The predicted octanol–water partition coefficient (Wildman–Crippen LogP) is 1.93. The Bertz CT molecular complexity index is 351.